The van der Waals surface area contributed by atoms with E-state index >= 15 is 0 Å². The lowest BCUT2D eigenvalue weighted by atomic mass is 10.2. The highest BCUT2D eigenvalue weighted by Crippen LogP contribution is 2.10. The normalized spacial score (nSPS) is 10.3. The third-order valence-electron chi connectivity index (χ3n) is 2.01. The molecule has 0 aliphatic carbocycles. The Balaban J connectivity index is 2.19. The minimum atomic E-state index is -0.0929. The molecule has 0 saturated carbocycles. The largest absolute Gasteiger partial charge is 0.396 e. The Labute approximate surface area is 97.2 Å². The fourth-order valence-electron chi connectivity index (χ4n) is 1.21. The molecule has 0 fully saturated rings. The number of rotatable bonds is 6. The van der Waals surface area contributed by atoms with Gasteiger partial charge in [-0.25, -0.2) is 0 Å². The van der Waals surface area contributed by atoms with E-state index in [0.29, 0.717) is 12.2 Å². The predicted molar refractivity (Wildman–Crippen MR) is 61.8 cm³/mol. The lowest BCUT2D eigenvalue weighted by Gasteiger charge is -2.02. The Kier molecular flexibility index (Phi) is 5.42. The molecular weight excluding hydrogens is 260 g/mol. The number of hydrogen-bond donors (Lipinski definition) is 3. The molecule has 0 atom stereocenters. The second kappa shape index (κ2) is 6.63. The van der Waals surface area contributed by atoms with Crippen LogP contribution in [0.5, 0.6) is 0 Å². The van der Waals surface area contributed by atoms with Crippen LogP contribution >= 0.6 is 15.9 Å². The van der Waals surface area contributed by atoms with Crippen LogP contribution in [0.4, 0.5) is 0 Å². The highest BCUT2D eigenvalue weighted by Gasteiger charge is 2.05. The molecule has 5 heteroatoms. The molecule has 1 heterocycles. The van der Waals surface area contributed by atoms with Crippen LogP contribution in [0.15, 0.2) is 16.7 Å². The molecule has 0 unspecified atom stereocenters. The van der Waals surface area contributed by atoms with Gasteiger partial charge >= 0.3 is 0 Å². The molecule has 84 valence electrons. The van der Waals surface area contributed by atoms with E-state index in [1.807, 2.05) is 0 Å². The van der Waals surface area contributed by atoms with Gasteiger partial charge in [0.25, 0.3) is 5.91 Å². The van der Waals surface area contributed by atoms with Gasteiger partial charge in [0.15, 0.2) is 0 Å². The quantitative estimate of drug-likeness (QED) is 0.691. The van der Waals surface area contributed by atoms with Crippen molar-refractivity contribution in [2.45, 2.75) is 19.3 Å². The summed E-state index contributed by atoms with van der Waals surface area (Å²) in [7, 11) is 0. The van der Waals surface area contributed by atoms with E-state index in [0.717, 1.165) is 23.7 Å². The Hall–Kier alpha value is -0.810. The zero-order chi connectivity index (χ0) is 11.1. The predicted octanol–water partition coefficient (Wildman–Crippen LogP) is 1.67. The Morgan fingerprint density at radius 3 is 2.87 bits per heavy atom. The molecule has 1 rings (SSSR count). The summed E-state index contributed by atoms with van der Waals surface area (Å²) in [6.07, 6.45) is 4.35. The summed E-state index contributed by atoms with van der Waals surface area (Å²) >= 11 is 3.26. The molecule has 4 nitrogen and oxygen atoms in total. The monoisotopic (exact) mass is 274 g/mol. The standard InChI is InChI=1S/C10H15BrN2O2/c11-8-6-9(13-7-8)10(15)12-4-2-1-3-5-14/h6-7,13-14H,1-5H2,(H,12,15). The highest BCUT2D eigenvalue weighted by atomic mass is 79.9. The van der Waals surface area contributed by atoms with Crippen molar-refractivity contribution in [3.8, 4) is 0 Å². The van der Waals surface area contributed by atoms with Crippen molar-refractivity contribution >= 4 is 21.8 Å². The van der Waals surface area contributed by atoms with Crippen LogP contribution in [0.1, 0.15) is 29.8 Å². The molecule has 0 aliphatic rings. The number of H-pyrrole nitrogens is 1. The molecule has 1 aromatic rings. The fourth-order valence-corrected chi connectivity index (χ4v) is 1.55. The lowest BCUT2D eigenvalue weighted by molar-refractivity contribution is 0.0948. The summed E-state index contributed by atoms with van der Waals surface area (Å²) in [5.41, 5.74) is 0.559. The lowest BCUT2D eigenvalue weighted by Crippen LogP contribution is -2.24. The number of carbonyl (C=O) groups excluding carboxylic acids is 1. The summed E-state index contributed by atoms with van der Waals surface area (Å²) in [5.74, 6) is -0.0929. The van der Waals surface area contributed by atoms with Crippen molar-refractivity contribution in [1.29, 1.82) is 0 Å². The van der Waals surface area contributed by atoms with Gasteiger partial charge in [-0.3, -0.25) is 4.79 Å². The third-order valence-corrected chi connectivity index (χ3v) is 2.47. The summed E-state index contributed by atoms with van der Waals surface area (Å²) in [4.78, 5) is 14.3. The number of aliphatic hydroxyl groups excluding tert-OH is 1. The molecule has 0 aliphatic heterocycles. The van der Waals surface area contributed by atoms with E-state index in [2.05, 4.69) is 26.2 Å². The third kappa shape index (κ3) is 4.48. The molecule has 0 bridgehead atoms. The highest BCUT2D eigenvalue weighted by molar-refractivity contribution is 9.10. The zero-order valence-corrected chi connectivity index (χ0v) is 10.0. The van der Waals surface area contributed by atoms with Crippen molar-refractivity contribution in [3.05, 3.63) is 22.4 Å². The molecule has 15 heavy (non-hydrogen) atoms. The molecule has 1 aromatic heterocycles. The minimum Gasteiger partial charge on any atom is -0.396 e. The number of halogens is 1. The second-order valence-corrected chi connectivity index (χ2v) is 4.19. The maximum Gasteiger partial charge on any atom is 0.267 e. The van der Waals surface area contributed by atoms with Gasteiger partial charge < -0.3 is 15.4 Å². The Morgan fingerprint density at radius 2 is 2.27 bits per heavy atom. The number of unbranched alkanes of at least 4 members (excludes halogenated alkanes) is 2. The first-order chi connectivity index (χ1) is 7.24. The first kappa shape index (κ1) is 12.3. The average Bonchev–Trinajstić information content (AvgIpc) is 2.64. The van der Waals surface area contributed by atoms with Crippen LogP contribution in [-0.4, -0.2) is 29.1 Å². The molecular formula is C10H15BrN2O2. The number of nitrogens with one attached hydrogen (secondary N) is 2. The smallest absolute Gasteiger partial charge is 0.267 e. The summed E-state index contributed by atoms with van der Waals surface area (Å²) in [6.45, 7) is 0.868. The maximum atomic E-state index is 11.5. The van der Waals surface area contributed by atoms with E-state index in [9.17, 15) is 4.79 Å². The van der Waals surface area contributed by atoms with Crippen molar-refractivity contribution in [3.63, 3.8) is 0 Å². The van der Waals surface area contributed by atoms with E-state index in [4.69, 9.17) is 5.11 Å². The Morgan fingerprint density at radius 1 is 1.47 bits per heavy atom. The molecule has 1 amide bonds. The van der Waals surface area contributed by atoms with Crippen molar-refractivity contribution in [2.24, 2.45) is 0 Å². The maximum absolute atomic E-state index is 11.5. The molecule has 3 N–H and O–H groups in total. The van der Waals surface area contributed by atoms with Gasteiger partial charge in [-0.15, -0.1) is 0 Å². The molecule has 0 spiro atoms. The molecule has 0 aromatic carbocycles. The number of amides is 1. The average molecular weight is 275 g/mol. The van der Waals surface area contributed by atoms with Crippen LogP contribution in [0.25, 0.3) is 0 Å². The van der Waals surface area contributed by atoms with Crippen LogP contribution in [-0.2, 0) is 0 Å². The van der Waals surface area contributed by atoms with Crippen LogP contribution < -0.4 is 5.32 Å². The van der Waals surface area contributed by atoms with E-state index in [1.54, 1.807) is 12.3 Å². The van der Waals surface area contributed by atoms with E-state index < -0.39 is 0 Å². The Bertz CT molecular complexity index is 312. The van der Waals surface area contributed by atoms with Crippen LogP contribution in [0.2, 0.25) is 0 Å². The van der Waals surface area contributed by atoms with Gasteiger partial charge in [0, 0.05) is 23.8 Å². The number of aromatic nitrogens is 1. The number of hydrogen-bond acceptors (Lipinski definition) is 2. The number of aromatic amines is 1. The van der Waals surface area contributed by atoms with Crippen molar-refractivity contribution in [1.82, 2.24) is 10.3 Å². The van der Waals surface area contributed by atoms with Gasteiger partial charge in [-0.2, -0.15) is 0 Å². The zero-order valence-electron chi connectivity index (χ0n) is 8.42. The van der Waals surface area contributed by atoms with Crippen molar-refractivity contribution < 1.29 is 9.90 Å². The molecule has 0 radical (unpaired) electrons. The SMILES string of the molecule is O=C(NCCCCCO)c1cc(Br)c[nH]1. The second-order valence-electron chi connectivity index (χ2n) is 3.27. The molecule has 0 saturated heterocycles. The van der Waals surface area contributed by atoms with E-state index in [-0.39, 0.29) is 12.5 Å². The first-order valence-electron chi connectivity index (χ1n) is 4.97. The van der Waals surface area contributed by atoms with E-state index in [1.165, 1.54) is 0 Å². The fraction of sp³-hybridized carbons (Fsp3) is 0.500. The summed E-state index contributed by atoms with van der Waals surface area (Å²) in [6, 6.07) is 1.74. The number of carbonyl (C=O) groups is 1. The van der Waals surface area contributed by atoms with Crippen molar-refractivity contribution in [2.75, 3.05) is 13.2 Å². The van der Waals surface area contributed by atoms with Gasteiger partial charge in [0.2, 0.25) is 0 Å². The van der Waals surface area contributed by atoms with Gasteiger partial charge in [-0.05, 0) is 41.3 Å². The van der Waals surface area contributed by atoms with Gasteiger partial charge in [0.05, 0.1) is 0 Å². The van der Waals surface area contributed by atoms with Gasteiger partial charge in [-0.1, -0.05) is 0 Å². The summed E-state index contributed by atoms with van der Waals surface area (Å²) in [5, 5.41) is 11.4. The van der Waals surface area contributed by atoms with Crippen LogP contribution in [0.3, 0.4) is 0 Å². The minimum absolute atomic E-state index is 0.0929. The first-order valence-corrected chi connectivity index (χ1v) is 5.76. The number of aliphatic hydroxyl groups is 1. The van der Waals surface area contributed by atoms with Crippen LogP contribution in [0, 0.1) is 0 Å². The topological polar surface area (TPSA) is 65.1 Å². The summed E-state index contributed by atoms with van der Waals surface area (Å²) < 4.78 is 0.868. The van der Waals surface area contributed by atoms with Gasteiger partial charge in [0.1, 0.15) is 5.69 Å².